The fourth-order valence-corrected chi connectivity index (χ4v) is 4.56. The zero-order valence-corrected chi connectivity index (χ0v) is 19.4. The molecule has 2 unspecified atom stereocenters. The molecule has 0 amide bonds. The number of likely N-dealkylation sites (N-methyl/N-ethyl adjacent to an activating group) is 1. The van der Waals surface area contributed by atoms with Crippen LogP contribution in [-0.2, 0) is 4.74 Å². The molecule has 1 fully saturated rings. The number of nitrogens with zero attached hydrogens (tertiary/aromatic N) is 2. The first-order chi connectivity index (χ1) is 14.0. The van der Waals surface area contributed by atoms with Crippen molar-refractivity contribution in [1.82, 2.24) is 15.1 Å². The Kier molecular flexibility index (Phi) is 6.90. The van der Waals surface area contributed by atoms with Gasteiger partial charge in [0.1, 0.15) is 17.7 Å². The van der Waals surface area contributed by atoms with Gasteiger partial charge in [-0.1, -0.05) is 0 Å². The van der Waals surface area contributed by atoms with E-state index in [1.165, 1.54) is 23.4 Å². The molecule has 0 aliphatic carbocycles. The fourth-order valence-electron chi connectivity index (χ4n) is 4.56. The van der Waals surface area contributed by atoms with Gasteiger partial charge in [0.2, 0.25) is 0 Å². The van der Waals surface area contributed by atoms with Crippen molar-refractivity contribution in [2.24, 2.45) is 0 Å². The molecule has 168 valence electrons. The number of hydrogen-bond donors (Lipinski definition) is 1. The first-order valence-corrected chi connectivity index (χ1v) is 11.0. The maximum Gasteiger partial charge on any atom is 0.129 e. The lowest BCUT2D eigenvalue weighted by molar-refractivity contribution is -0.0607. The van der Waals surface area contributed by atoms with Gasteiger partial charge in [0.15, 0.2) is 0 Å². The van der Waals surface area contributed by atoms with Crippen molar-refractivity contribution in [2.75, 3.05) is 26.7 Å². The summed E-state index contributed by atoms with van der Waals surface area (Å²) in [5, 5.41) is 3.61. The standard InChI is InChI=1S/C24H37F2N3O/c1-15(2)28(7)22-13-29(12-16(22)3)18-11-21(27-24(4,5)6)23(30-14-18)19-10-17(25)8-9-20(19)26/h8-10,15,18,21,23,27H,11-14H2,1-7H3/t18?,21?,23-/m1/s1. The summed E-state index contributed by atoms with van der Waals surface area (Å²) in [4.78, 5) is 4.80. The molecule has 0 spiro atoms. The number of hydrogen-bond acceptors (Lipinski definition) is 4. The Morgan fingerprint density at radius 1 is 1.20 bits per heavy atom. The molecule has 1 saturated heterocycles. The van der Waals surface area contributed by atoms with E-state index in [2.05, 4.69) is 63.7 Å². The summed E-state index contributed by atoms with van der Waals surface area (Å²) in [5.74, 6) is -0.854. The number of nitrogens with one attached hydrogen (secondary N) is 1. The van der Waals surface area contributed by atoms with E-state index in [1.54, 1.807) is 0 Å². The second kappa shape index (κ2) is 8.93. The van der Waals surface area contributed by atoms with E-state index in [0.717, 1.165) is 25.6 Å². The molecule has 2 aliphatic heterocycles. The SMILES string of the molecule is CC1=C(N(C)C(C)C)CN(C2CO[C@H](c3cc(F)ccc3F)C(NC(C)(C)C)C2)C1. The van der Waals surface area contributed by atoms with Crippen molar-refractivity contribution in [3.63, 3.8) is 0 Å². The summed E-state index contributed by atoms with van der Waals surface area (Å²) in [6, 6.07) is 4.19. The Labute approximate surface area is 180 Å². The minimum absolute atomic E-state index is 0.104. The van der Waals surface area contributed by atoms with Crippen molar-refractivity contribution in [2.45, 2.75) is 77.7 Å². The summed E-state index contributed by atoms with van der Waals surface area (Å²) >= 11 is 0. The van der Waals surface area contributed by atoms with Gasteiger partial charge in [-0.25, -0.2) is 8.78 Å². The Hall–Kier alpha value is -1.50. The van der Waals surface area contributed by atoms with E-state index in [4.69, 9.17) is 4.74 Å². The van der Waals surface area contributed by atoms with Crippen LogP contribution in [0.1, 0.15) is 59.6 Å². The first-order valence-electron chi connectivity index (χ1n) is 11.0. The molecule has 3 atom stereocenters. The van der Waals surface area contributed by atoms with Gasteiger partial charge in [0, 0.05) is 55.1 Å². The molecule has 0 radical (unpaired) electrons. The molecule has 2 heterocycles. The van der Waals surface area contributed by atoms with Crippen LogP contribution in [0.15, 0.2) is 29.5 Å². The van der Waals surface area contributed by atoms with Gasteiger partial charge in [-0.05, 0) is 71.7 Å². The molecule has 1 N–H and O–H groups in total. The zero-order chi connectivity index (χ0) is 22.2. The number of ether oxygens (including phenoxy) is 1. The molecule has 6 heteroatoms. The highest BCUT2D eigenvalue weighted by molar-refractivity contribution is 5.25. The van der Waals surface area contributed by atoms with Crippen LogP contribution in [0.3, 0.4) is 0 Å². The van der Waals surface area contributed by atoms with Crippen LogP contribution < -0.4 is 5.32 Å². The predicted octanol–water partition coefficient (Wildman–Crippen LogP) is 4.48. The van der Waals surface area contributed by atoms with Crippen LogP contribution in [0.4, 0.5) is 8.78 Å². The summed E-state index contributed by atoms with van der Waals surface area (Å²) < 4.78 is 34.6. The van der Waals surface area contributed by atoms with E-state index >= 15 is 0 Å². The molecule has 30 heavy (non-hydrogen) atoms. The van der Waals surface area contributed by atoms with Gasteiger partial charge in [-0.3, -0.25) is 4.90 Å². The first kappa shape index (κ1) is 23.2. The molecule has 1 aromatic carbocycles. The summed E-state index contributed by atoms with van der Waals surface area (Å²) in [6.07, 6.45) is 0.315. The molecule has 0 saturated carbocycles. The van der Waals surface area contributed by atoms with Crippen molar-refractivity contribution >= 4 is 0 Å². The maximum atomic E-state index is 14.5. The highest BCUT2D eigenvalue weighted by Gasteiger charge is 2.39. The summed E-state index contributed by atoms with van der Waals surface area (Å²) in [6.45, 7) is 15.2. The van der Waals surface area contributed by atoms with E-state index in [1.807, 2.05) is 0 Å². The van der Waals surface area contributed by atoms with E-state index < -0.39 is 17.7 Å². The molecule has 3 rings (SSSR count). The number of benzene rings is 1. The Morgan fingerprint density at radius 2 is 1.90 bits per heavy atom. The van der Waals surface area contributed by atoms with Crippen LogP contribution in [-0.4, -0.2) is 60.2 Å². The third-order valence-corrected chi connectivity index (χ3v) is 6.25. The fraction of sp³-hybridized carbons (Fsp3) is 0.667. The van der Waals surface area contributed by atoms with E-state index in [-0.39, 0.29) is 17.6 Å². The molecular formula is C24H37F2N3O. The summed E-state index contributed by atoms with van der Waals surface area (Å²) in [7, 11) is 2.15. The molecule has 1 aromatic rings. The number of rotatable bonds is 5. The van der Waals surface area contributed by atoms with Gasteiger partial charge in [-0.2, -0.15) is 0 Å². The van der Waals surface area contributed by atoms with Crippen LogP contribution >= 0.6 is 0 Å². The minimum Gasteiger partial charge on any atom is -0.374 e. The quantitative estimate of drug-likeness (QED) is 0.759. The molecule has 0 aromatic heterocycles. The van der Waals surface area contributed by atoms with Gasteiger partial charge in [0.25, 0.3) is 0 Å². The van der Waals surface area contributed by atoms with Crippen LogP contribution in [0.25, 0.3) is 0 Å². The molecule has 0 bridgehead atoms. The Morgan fingerprint density at radius 3 is 2.53 bits per heavy atom. The molecule has 2 aliphatic rings. The maximum absolute atomic E-state index is 14.5. The largest absolute Gasteiger partial charge is 0.374 e. The van der Waals surface area contributed by atoms with Gasteiger partial charge >= 0.3 is 0 Å². The van der Waals surface area contributed by atoms with E-state index in [9.17, 15) is 8.78 Å². The minimum atomic E-state index is -0.509. The summed E-state index contributed by atoms with van der Waals surface area (Å²) in [5.41, 5.74) is 2.90. The lowest BCUT2D eigenvalue weighted by atomic mass is 9.90. The highest BCUT2D eigenvalue weighted by atomic mass is 19.1. The van der Waals surface area contributed by atoms with Gasteiger partial charge < -0.3 is 15.0 Å². The van der Waals surface area contributed by atoms with Crippen molar-refractivity contribution < 1.29 is 13.5 Å². The zero-order valence-electron chi connectivity index (χ0n) is 19.4. The van der Waals surface area contributed by atoms with E-state index in [0.29, 0.717) is 18.2 Å². The molecule has 4 nitrogen and oxygen atoms in total. The lowest BCUT2D eigenvalue weighted by Crippen LogP contribution is -2.55. The second-order valence-electron chi connectivity index (χ2n) is 10.1. The Balaban J connectivity index is 1.78. The third-order valence-electron chi connectivity index (χ3n) is 6.25. The molecular weight excluding hydrogens is 384 g/mol. The average Bonchev–Trinajstić information content (AvgIpc) is 3.03. The van der Waals surface area contributed by atoms with Crippen molar-refractivity contribution in [1.29, 1.82) is 0 Å². The van der Waals surface area contributed by atoms with Crippen molar-refractivity contribution in [3.05, 3.63) is 46.7 Å². The smallest absolute Gasteiger partial charge is 0.129 e. The predicted molar refractivity (Wildman–Crippen MR) is 117 cm³/mol. The van der Waals surface area contributed by atoms with Crippen LogP contribution in [0.5, 0.6) is 0 Å². The topological polar surface area (TPSA) is 27.7 Å². The monoisotopic (exact) mass is 421 g/mol. The Bertz CT molecular complexity index is 787. The average molecular weight is 422 g/mol. The van der Waals surface area contributed by atoms with Gasteiger partial charge in [-0.15, -0.1) is 0 Å². The lowest BCUT2D eigenvalue weighted by Gasteiger charge is -2.43. The number of halogens is 2. The van der Waals surface area contributed by atoms with Crippen LogP contribution in [0.2, 0.25) is 0 Å². The second-order valence-corrected chi connectivity index (χ2v) is 10.1. The van der Waals surface area contributed by atoms with Crippen molar-refractivity contribution in [3.8, 4) is 0 Å². The third kappa shape index (κ3) is 5.21. The highest BCUT2D eigenvalue weighted by Crippen LogP contribution is 2.35. The van der Waals surface area contributed by atoms with Gasteiger partial charge in [0.05, 0.1) is 6.61 Å². The normalized spacial score (nSPS) is 26.0. The van der Waals surface area contributed by atoms with Crippen LogP contribution in [0, 0.1) is 11.6 Å².